The van der Waals surface area contributed by atoms with Crippen LogP contribution in [-0.4, -0.2) is 107 Å². The maximum absolute atomic E-state index is 14.7. The number of amides is 1. The number of nitrogens with zero attached hydrogens (tertiary/aromatic N) is 4. The minimum atomic E-state index is -1.38. The molecule has 2 heterocycles. The molecule has 0 bridgehead atoms. The topological polar surface area (TPSA) is 156 Å². The molecule has 2 fully saturated rings. The summed E-state index contributed by atoms with van der Waals surface area (Å²) in [6, 6.07) is 11.5. The van der Waals surface area contributed by atoms with E-state index in [1.54, 1.807) is 24.3 Å². The monoisotopic (exact) mass is 828 g/mol. The largest absolute Gasteiger partial charge is 0.492 e. The SMILES string of the molecule is C=CCO[C@@]12Oc3ccc(OCCN4CC4)cc3[C@H]3[C@H](CCCCO)[C@@H](CCCCO)C=C(C(=NOC(C)(C)C)C[C@@H]1N(CCC)C(=O)C=Cc1ccc([N+](=O)[O-])cc1)[C@H]32. The molecule has 0 spiro atoms. The second kappa shape index (κ2) is 20.3. The summed E-state index contributed by atoms with van der Waals surface area (Å²) >= 11 is 0. The van der Waals surface area contributed by atoms with Crippen molar-refractivity contribution < 1.29 is 39.0 Å². The third kappa shape index (κ3) is 10.7. The second-order valence-electron chi connectivity index (χ2n) is 17.4. The maximum atomic E-state index is 14.7. The van der Waals surface area contributed by atoms with E-state index >= 15 is 0 Å². The van der Waals surface area contributed by atoms with Gasteiger partial charge in [0.25, 0.3) is 5.69 Å². The van der Waals surface area contributed by atoms with Gasteiger partial charge in [0, 0.05) is 75.5 Å². The van der Waals surface area contributed by atoms with Gasteiger partial charge in [-0.25, -0.2) is 0 Å². The number of carbonyl (C=O) groups is 1. The van der Waals surface area contributed by atoms with E-state index in [0.29, 0.717) is 43.7 Å². The first-order chi connectivity index (χ1) is 28.9. The Morgan fingerprint density at radius 1 is 1.10 bits per heavy atom. The lowest BCUT2D eigenvalue weighted by Crippen LogP contribution is -2.70. The summed E-state index contributed by atoms with van der Waals surface area (Å²) in [6.45, 7) is 16.3. The fraction of sp³-hybridized carbons (Fsp3) is 0.574. The molecule has 0 radical (unpaired) electrons. The molecule has 13 heteroatoms. The van der Waals surface area contributed by atoms with Crippen LogP contribution >= 0.6 is 0 Å². The smallest absolute Gasteiger partial charge is 0.269 e. The zero-order valence-corrected chi connectivity index (χ0v) is 35.8. The molecule has 2 aliphatic heterocycles. The van der Waals surface area contributed by atoms with Crippen molar-refractivity contribution >= 4 is 23.4 Å². The van der Waals surface area contributed by atoms with Crippen molar-refractivity contribution in [3.8, 4) is 11.5 Å². The van der Waals surface area contributed by atoms with Gasteiger partial charge in [0.15, 0.2) is 0 Å². The Labute approximate surface area is 354 Å². The van der Waals surface area contributed by atoms with Gasteiger partial charge in [-0.05, 0) is 112 Å². The molecule has 1 saturated carbocycles. The predicted molar refractivity (Wildman–Crippen MR) is 232 cm³/mol. The summed E-state index contributed by atoms with van der Waals surface area (Å²) < 4.78 is 20.8. The lowest BCUT2D eigenvalue weighted by atomic mass is 9.55. The van der Waals surface area contributed by atoms with E-state index in [-0.39, 0.29) is 55.6 Å². The summed E-state index contributed by atoms with van der Waals surface area (Å²) in [5.74, 6) is -0.606. The van der Waals surface area contributed by atoms with Crippen LogP contribution < -0.4 is 9.47 Å². The van der Waals surface area contributed by atoms with Gasteiger partial charge in [-0.15, -0.1) is 6.58 Å². The Bertz CT molecular complexity index is 1890. The lowest BCUT2D eigenvalue weighted by molar-refractivity contribution is -0.384. The number of aliphatic hydroxyl groups is 2. The van der Waals surface area contributed by atoms with Crippen LogP contribution in [0.15, 0.2) is 78.0 Å². The number of nitro benzene ring substituents is 1. The molecule has 2 aromatic rings. The van der Waals surface area contributed by atoms with Crippen LogP contribution in [-0.2, 0) is 14.4 Å². The molecule has 13 nitrogen and oxygen atoms in total. The maximum Gasteiger partial charge on any atom is 0.269 e. The third-order valence-electron chi connectivity index (χ3n) is 11.9. The van der Waals surface area contributed by atoms with Crippen LogP contribution in [0.4, 0.5) is 5.69 Å². The Hall–Kier alpha value is -4.56. The fourth-order valence-electron chi connectivity index (χ4n) is 9.15. The van der Waals surface area contributed by atoms with E-state index in [1.807, 2.05) is 44.7 Å². The van der Waals surface area contributed by atoms with Gasteiger partial charge in [-0.3, -0.25) is 19.8 Å². The number of oxime groups is 1. The molecule has 326 valence electrons. The highest BCUT2D eigenvalue weighted by atomic mass is 16.7. The number of carbonyl (C=O) groups excluding carboxylic acids is 1. The highest BCUT2D eigenvalue weighted by molar-refractivity contribution is 6.03. The predicted octanol–water partition coefficient (Wildman–Crippen LogP) is 7.67. The Balaban J connectivity index is 1.53. The van der Waals surface area contributed by atoms with Gasteiger partial charge in [-0.1, -0.05) is 37.1 Å². The van der Waals surface area contributed by atoms with Crippen molar-refractivity contribution in [1.29, 1.82) is 0 Å². The lowest BCUT2D eigenvalue weighted by Gasteiger charge is -2.60. The highest BCUT2D eigenvalue weighted by Gasteiger charge is 2.65. The number of unbranched alkanes of at least 4 members (excludes halogenated alkanes) is 2. The Kier molecular flexibility index (Phi) is 15.2. The van der Waals surface area contributed by atoms with Crippen LogP contribution in [0.2, 0.25) is 0 Å². The second-order valence-corrected chi connectivity index (χ2v) is 17.4. The summed E-state index contributed by atoms with van der Waals surface area (Å²) in [7, 11) is 0. The molecule has 2 aliphatic carbocycles. The van der Waals surface area contributed by atoms with Crippen molar-refractivity contribution in [1.82, 2.24) is 9.80 Å². The van der Waals surface area contributed by atoms with Crippen LogP contribution in [0.25, 0.3) is 6.08 Å². The van der Waals surface area contributed by atoms with Crippen molar-refractivity contribution in [3.63, 3.8) is 0 Å². The molecule has 1 amide bonds. The minimum absolute atomic E-state index is 0.0280. The van der Waals surface area contributed by atoms with Gasteiger partial charge >= 0.3 is 0 Å². The van der Waals surface area contributed by atoms with Crippen molar-refractivity contribution in [2.45, 2.75) is 102 Å². The molecule has 60 heavy (non-hydrogen) atoms. The molecule has 2 aromatic carbocycles. The van der Waals surface area contributed by atoms with Crippen LogP contribution in [0.5, 0.6) is 11.5 Å². The summed E-state index contributed by atoms with van der Waals surface area (Å²) in [6.07, 6.45) is 12.9. The number of hydrogen-bond donors (Lipinski definition) is 2. The van der Waals surface area contributed by atoms with E-state index in [2.05, 4.69) is 23.6 Å². The van der Waals surface area contributed by atoms with Crippen molar-refractivity contribution in [2.24, 2.45) is 22.9 Å². The van der Waals surface area contributed by atoms with Gasteiger partial charge in [0.1, 0.15) is 29.7 Å². The first-order valence-corrected chi connectivity index (χ1v) is 21.8. The molecule has 6 atom stereocenters. The van der Waals surface area contributed by atoms with Gasteiger partial charge in [-0.2, -0.15) is 0 Å². The van der Waals surface area contributed by atoms with Crippen LogP contribution in [0.3, 0.4) is 0 Å². The molecule has 6 rings (SSSR count). The van der Waals surface area contributed by atoms with E-state index in [9.17, 15) is 25.1 Å². The summed E-state index contributed by atoms with van der Waals surface area (Å²) in [4.78, 5) is 35.9. The van der Waals surface area contributed by atoms with Crippen molar-refractivity contribution in [2.75, 3.05) is 52.6 Å². The van der Waals surface area contributed by atoms with E-state index in [1.165, 1.54) is 18.2 Å². The minimum Gasteiger partial charge on any atom is -0.492 e. The van der Waals surface area contributed by atoms with Crippen LogP contribution in [0, 0.1) is 27.9 Å². The molecule has 1 saturated heterocycles. The summed E-state index contributed by atoms with van der Waals surface area (Å²) in [5.41, 5.74) is 2.75. The quantitative estimate of drug-likeness (QED) is 0.0302. The Morgan fingerprint density at radius 2 is 1.83 bits per heavy atom. The van der Waals surface area contributed by atoms with Gasteiger partial charge < -0.3 is 34.2 Å². The number of aliphatic hydroxyl groups excluding tert-OH is 2. The summed E-state index contributed by atoms with van der Waals surface area (Å²) in [5, 5.41) is 36.0. The number of ether oxygens (including phenoxy) is 3. The molecular formula is C47H64N4O9. The number of fused-ring (bicyclic) bond motifs is 2. The molecule has 4 aliphatic rings. The van der Waals surface area contributed by atoms with E-state index in [0.717, 1.165) is 67.9 Å². The van der Waals surface area contributed by atoms with E-state index < -0.39 is 28.3 Å². The standard InChI is InChI=1S/C47H64N4O9/c1-6-22-50(43(54)21-16-33-14-17-35(18-15-33)51(55)56)42-32-40(48-60-46(3,4)5)38-30-34(12-8-10-26-52)37(13-9-11-27-53)44-39-31-36(57-29-25-49-23-24-49)19-20-41(39)59-47(42,45(38)44)58-28-7-2/h7,14-21,30-31,34,37,42,44-45,52-53H,2,6,8-13,22-29,32H2,1,3-5H3/t34-,37+,42-,44+,45+,47+/m0/s1. The fourth-order valence-corrected chi connectivity index (χ4v) is 9.15. The first-order valence-electron chi connectivity index (χ1n) is 21.8. The van der Waals surface area contributed by atoms with Gasteiger partial charge in [0.05, 0.1) is 23.2 Å². The Morgan fingerprint density at radius 3 is 2.48 bits per heavy atom. The highest BCUT2D eigenvalue weighted by Crippen LogP contribution is 2.62. The molecule has 0 aromatic heterocycles. The number of rotatable bonds is 22. The zero-order chi connectivity index (χ0) is 42.9. The third-order valence-corrected chi connectivity index (χ3v) is 11.9. The number of nitro groups is 1. The van der Waals surface area contributed by atoms with Gasteiger partial charge in [0.2, 0.25) is 11.7 Å². The molecule has 2 N–H and O–H groups in total. The normalized spacial score (nSPS) is 25.2. The first kappa shape index (κ1) is 45.0. The molecule has 0 unspecified atom stereocenters. The number of benzene rings is 2. The molecular weight excluding hydrogens is 765 g/mol. The van der Waals surface area contributed by atoms with Crippen molar-refractivity contribution in [3.05, 3.63) is 94.1 Å². The number of allylic oxidation sites excluding steroid dienone is 1. The average molecular weight is 829 g/mol. The number of hydrogen-bond acceptors (Lipinski definition) is 11. The average Bonchev–Trinajstić information content (AvgIpc) is 4.06. The van der Waals surface area contributed by atoms with Crippen LogP contribution in [0.1, 0.15) is 96.1 Å². The zero-order valence-electron chi connectivity index (χ0n) is 35.8. The number of non-ortho nitro benzene ring substituents is 1. The van der Waals surface area contributed by atoms with E-state index in [4.69, 9.17) is 24.2 Å².